The largest absolute Gasteiger partial charge is 0.284 e. The lowest BCUT2D eigenvalue weighted by atomic mass is 9.99. The topological polar surface area (TPSA) is 49.7 Å². The molecule has 1 atom stereocenters. The summed E-state index contributed by atoms with van der Waals surface area (Å²) in [5.41, 5.74) is 1.12. The van der Waals surface area contributed by atoms with Crippen LogP contribution in [0.4, 0.5) is 0 Å². The maximum atomic E-state index is 5.47. The van der Waals surface area contributed by atoms with Crippen LogP contribution in [0.5, 0.6) is 0 Å². The Labute approximate surface area is 170 Å². The predicted molar refractivity (Wildman–Crippen MR) is 114 cm³/mol. The number of aromatic nitrogens is 4. The quantitative estimate of drug-likeness (QED) is 0.472. The minimum atomic E-state index is 0.491. The van der Waals surface area contributed by atoms with Gasteiger partial charge in [0.15, 0.2) is 5.82 Å². The van der Waals surface area contributed by atoms with Crippen molar-refractivity contribution < 1.29 is 0 Å². The molecule has 1 N–H and O–H groups in total. The SMILES string of the molecule is S=c1nc(-c2cccs2)[nH]n1CN1CCC[C@H](c2nc3ccccc3s2)C1. The van der Waals surface area contributed by atoms with Crippen LogP contribution in [0.25, 0.3) is 20.9 Å². The fourth-order valence-corrected chi connectivity index (χ4v) is 5.58. The van der Waals surface area contributed by atoms with Crippen LogP contribution in [0.2, 0.25) is 0 Å². The first kappa shape index (κ1) is 17.2. The minimum absolute atomic E-state index is 0.491. The van der Waals surface area contributed by atoms with E-state index < -0.39 is 0 Å². The van der Waals surface area contributed by atoms with Gasteiger partial charge in [0.25, 0.3) is 0 Å². The van der Waals surface area contributed by atoms with Crippen LogP contribution in [-0.2, 0) is 6.67 Å². The second-order valence-corrected chi connectivity index (χ2v) is 9.21. The summed E-state index contributed by atoms with van der Waals surface area (Å²) in [6.07, 6.45) is 2.38. The van der Waals surface area contributed by atoms with Gasteiger partial charge in [-0.25, -0.2) is 9.67 Å². The number of likely N-dealkylation sites (tertiary alicyclic amines) is 1. The van der Waals surface area contributed by atoms with Crippen molar-refractivity contribution in [2.45, 2.75) is 25.4 Å². The molecule has 0 bridgehead atoms. The summed E-state index contributed by atoms with van der Waals surface area (Å²) in [4.78, 5) is 13.0. The molecule has 1 aromatic carbocycles. The van der Waals surface area contributed by atoms with Crippen LogP contribution in [0, 0.1) is 4.77 Å². The van der Waals surface area contributed by atoms with Crippen molar-refractivity contribution in [3.63, 3.8) is 0 Å². The highest BCUT2D eigenvalue weighted by molar-refractivity contribution is 7.71. The highest BCUT2D eigenvalue weighted by Crippen LogP contribution is 2.33. The molecule has 8 heteroatoms. The Hall–Kier alpha value is -1.87. The van der Waals surface area contributed by atoms with Crippen LogP contribution in [0.1, 0.15) is 23.8 Å². The molecular formula is C19H19N5S3. The molecule has 5 rings (SSSR count). The Balaban J connectivity index is 1.33. The maximum absolute atomic E-state index is 5.47. The van der Waals surface area contributed by atoms with E-state index in [-0.39, 0.29) is 0 Å². The molecule has 1 aliphatic heterocycles. The molecule has 0 aliphatic carbocycles. The zero-order chi connectivity index (χ0) is 18.2. The van der Waals surface area contributed by atoms with Crippen molar-refractivity contribution in [2.24, 2.45) is 0 Å². The van der Waals surface area contributed by atoms with Gasteiger partial charge in [0.05, 0.1) is 26.8 Å². The zero-order valence-corrected chi connectivity index (χ0v) is 17.1. The van der Waals surface area contributed by atoms with E-state index in [1.54, 1.807) is 11.3 Å². The van der Waals surface area contributed by atoms with Crippen LogP contribution in [0.15, 0.2) is 41.8 Å². The van der Waals surface area contributed by atoms with E-state index in [1.807, 2.05) is 22.1 Å². The van der Waals surface area contributed by atoms with E-state index in [4.69, 9.17) is 17.2 Å². The molecule has 0 radical (unpaired) electrons. The summed E-state index contributed by atoms with van der Waals surface area (Å²) in [7, 11) is 0. The number of nitrogens with zero attached hydrogens (tertiary/aromatic N) is 4. The summed E-state index contributed by atoms with van der Waals surface area (Å²) in [6.45, 7) is 2.84. The first-order chi connectivity index (χ1) is 13.3. The van der Waals surface area contributed by atoms with E-state index in [1.165, 1.54) is 22.5 Å². The predicted octanol–water partition coefficient (Wildman–Crippen LogP) is 5.12. The van der Waals surface area contributed by atoms with Crippen molar-refractivity contribution in [3.8, 4) is 10.7 Å². The molecule has 3 aromatic heterocycles. The average molecular weight is 414 g/mol. The van der Waals surface area contributed by atoms with Crippen molar-refractivity contribution in [2.75, 3.05) is 13.1 Å². The number of hydrogen-bond donors (Lipinski definition) is 1. The monoisotopic (exact) mass is 413 g/mol. The van der Waals surface area contributed by atoms with Crippen molar-refractivity contribution in [1.82, 2.24) is 24.6 Å². The van der Waals surface area contributed by atoms with Gasteiger partial charge in [0.1, 0.15) is 0 Å². The Kier molecular flexibility index (Phi) is 4.65. The van der Waals surface area contributed by atoms with Gasteiger partial charge in [-0.3, -0.25) is 10.00 Å². The highest BCUT2D eigenvalue weighted by atomic mass is 32.1. The molecule has 4 heterocycles. The first-order valence-corrected chi connectivity index (χ1v) is 11.2. The number of nitrogens with one attached hydrogen (secondary N) is 1. The number of thiazole rings is 1. The van der Waals surface area contributed by atoms with Gasteiger partial charge >= 0.3 is 0 Å². The number of thiophene rings is 1. The third kappa shape index (κ3) is 3.50. The maximum Gasteiger partial charge on any atom is 0.217 e. The highest BCUT2D eigenvalue weighted by Gasteiger charge is 2.24. The van der Waals surface area contributed by atoms with Gasteiger partial charge in [0, 0.05) is 12.5 Å². The normalized spacial score (nSPS) is 18.3. The fraction of sp³-hybridized carbons (Fsp3) is 0.316. The molecular weight excluding hydrogens is 394 g/mol. The van der Waals surface area contributed by atoms with E-state index in [9.17, 15) is 0 Å². The first-order valence-electron chi connectivity index (χ1n) is 9.05. The van der Waals surface area contributed by atoms with E-state index in [0.717, 1.165) is 36.0 Å². The summed E-state index contributed by atoms with van der Waals surface area (Å²) < 4.78 is 3.87. The zero-order valence-electron chi connectivity index (χ0n) is 14.7. The lowest BCUT2D eigenvalue weighted by Crippen LogP contribution is -2.36. The Morgan fingerprint density at radius 2 is 2.11 bits per heavy atom. The molecule has 27 heavy (non-hydrogen) atoms. The van der Waals surface area contributed by atoms with E-state index in [2.05, 4.69) is 50.7 Å². The molecule has 138 valence electrons. The number of para-hydroxylation sites is 1. The third-order valence-electron chi connectivity index (χ3n) is 4.94. The smallest absolute Gasteiger partial charge is 0.217 e. The Morgan fingerprint density at radius 3 is 2.96 bits per heavy atom. The van der Waals surface area contributed by atoms with Gasteiger partial charge < -0.3 is 0 Å². The molecule has 0 saturated carbocycles. The standard InChI is InChI=1S/C19H19N5S3/c25-19-21-17(16-8-4-10-26-16)22-24(19)12-23-9-3-5-13(11-23)18-20-14-6-1-2-7-15(14)27-18/h1-2,4,6-8,10,13H,3,5,9,11-12H2,(H,21,22,25)/t13-/m0/s1. The summed E-state index contributed by atoms with van der Waals surface area (Å²) in [5.74, 6) is 1.35. The van der Waals surface area contributed by atoms with Gasteiger partial charge in [-0.05, 0) is 55.2 Å². The van der Waals surface area contributed by atoms with Crippen molar-refractivity contribution in [1.29, 1.82) is 0 Å². The Morgan fingerprint density at radius 1 is 1.19 bits per heavy atom. The van der Waals surface area contributed by atoms with Crippen LogP contribution < -0.4 is 0 Å². The van der Waals surface area contributed by atoms with Crippen LogP contribution >= 0.6 is 34.9 Å². The van der Waals surface area contributed by atoms with Crippen LogP contribution in [-0.4, -0.2) is 37.7 Å². The number of piperidine rings is 1. The van der Waals surface area contributed by atoms with E-state index in [0.29, 0.717) is 10.7 Å². The van der Waals surface area contributed by atoms with Gasteiger partial charge in [-0.1, -0.05) is 18.2 Å². The Bertz CT molecular complexity index is 1070. The summed E-state index contributed by atoms with van der Waals surface area (Å²) in [5, 5.41) is 6.68. The molecule has 5 nitrogen and oxygen atoms in total. The van der Waals surface area contributed by atoms with Gasteiger partial charge in [-0.2, -0.15) is 4.98 Å². The molecule has 1 saturated heterocycles. The molecule has 0 unspecified atom stereocenters. The third-order valence-corrected chi connectivity index (χ3v) is 7.33. The number of benzene rings is 1. The number of rotatable bonds is 4. The van der Waals surface area contributed by atoms with Crippen molar-refractivity contribution in [3.05, 3.63) is 51.6 Å². The number of aromatic amines is 1. The second kappa shape index (κ2) is 7.27. The average Bonchev–Trinajstić information content (AvgIpc) is 3.42. The summed E-state index contributed by atoms with van der Waals surface area (Å²) >= 11 is 8.97. The lowest BCUT2D eigenvalue weighted by Gasteiger charge is -2.31. The number of H-pyrrole nitrogens is 1. The van der Waals surface area contributed by atoms with Gasteiger partial charge in [0.2, 0.25) is 4.77 Å². The van der Waals surface area contributed by atoms with Gasteiger partial charge in [-0.15, -0.1) is 22.7 Å². The second-order valence-electron chi connectivity index (χ2n) is 6.84. The molecule has 1 aliphatic rings. The molecule has 0 amide bonds. The molecule has 4 aromatic rings. The number of hydrogen-bond acceptors (Lipinski definition) is 6. The van der Waals surface area contributed by atoms with Crippen molar-refractivity contribution >= 4 is 45.1 Å². The summed E-state index contributed by atoms with van der Waals surface area (Å²) in [6, 6.07) is 12.5. The molecule has 1 fully saturated rings. The minimum Gasteiger partial charge on any atom is -0.284 e. The number of fused-ring (bicyclic) bond motifs is 1. The lowest BCUT2D eigenvalue weighted by molar-refractivity contribution is 0.156. The van der Waals surface area contributed by atoms with Crippen LogP contribution in [0.3, 0.4) is 0 Å². The molecule has 0 spiro atoms. The fourth-order valence-electron chi connectivity index (χ4n) is 3.63. The van der Waals surface area contributed by atoms with E-state index >= 15 is 0 Å².